The number of rotatable bonds is 7. The second-order valence-electron chi connectivity index (χ2n) is 4.47. The van der Waals surface area contributed by atoms with Crippen molar-refractivity contribution in [2.75, 3.05) is 19.5 Å². The lowest BCUT2D eigenvalue weighted by molar-refractivity contribution is 0.298. The fourth-order valence-electron chi connectivity index (χ4n) is 1.57. The first-order valence-electron chi connectivity index (χ1n) is 5.77. The molecule has 0 saturated heterocycles. The van der Waals surface area contributed by atoms with Crippen molar-refractivity contribution in [1.29, 1.82) is 0 Å². The first-order chi connectivity index (χ1) is 7.63. The molecule has 0 spiro atoms. The summed E-state index contributed by atoms with van der Waals surface area (Å²) in [7, 11) is 2.17. The fourth-order valence-corrected chi connectivity index (χ4v) is 2.80. The van der Waals surface area contributed by atoms with Crippen LogP contribution in [0.4, 0.5) is 0 Å². The topological polar surface area (TPSA) is 16.1 Å². The Morgan fingerprint density at radius 1 is 1.50 bits per heavy atom. The lowest BCUT2D eigenvalue weighted by Crippen LogP contribution is -2.20. The van der Waals surface area contributed by atoms with Gasteiger partial charge >= 0.3 is 0 Å². The maximum Gasteiger partial charge on any atom is 0.0798 e. The SMILES string of the molecule is Cc1ncsc1CN(C)CCC(C)CCCl. The van der Waals surface area contributed by atoms with E-state index < -0.39 is 0 Å². The van der Waals surface area contributed by atoms with Crippen LogP contribution in [0.3, 0.4) is 0 Å². The number of thiazole rings is 1. The third-order valence-electron chi connectivity index (χ3n) is 2.86. The Morgan fingerprint density at radius 3 is 2.81 bits per heavy atom. The van der Waals surface area contributed by atoms with E-state index in [1.807, 2.05) is 5.51 Å². The molecule has 1 rings (SSSR count). The van der Waals surface area contributed by atoms with Crippen LogP contribution in [0, 0.1) is 12.8 Å². The second-order valence-corrected chi connectivity index (χ2v) is 5.79. The van der Waals surface area contributed by atoms with Gasteiger partial charge in [0.1, 0.15) is 0 Å². The van der Waals surface area contributed by atoms with E-state index in [0.717, 1.165) is 31.3 Å². The highest BCUT2D eigenvalue weighted by Crippen LogP contribution is 2.15. The Bertz CT molecular complexity index is 301. The molecule has 0 aliphatic heterocycles. The van der Waals surface area contributed by atoms with Crippen molar-refractivity contribution in [1.82, 2.24) is 9.88 Å². The molecular formula is C12H21ClN2S. The predicted octanol–water partition coefficient (Wildman–Crippen LogP) is 3.54. The minimum Gasteiger partial charge on any atom is -0.301 e. The number of hydrogen-bond acceptors (Lipinski definition) is 3. The van der Waals surface area contributed by atoms with Gasteiger partial charge in [-0.25, -0.2) is 4.98 Å². The van der Waals surface area contributed by atoms with Crippen LogP contribution in [0.1, 0.15) is 30.3 Å². The molecular weight excluding hydrogens is 240 g/mol. The molecule has 1 aromatic heterocycles. The van der Waals surface area contributed by atoms with E-state index in [2.05, 4.69) is 30.8 Å². The Morgan fingerprint density at radius 2 is 2.25 bits per heavy atom. The van der Waals surface area contributed by atoms with Crippen LogP contribution < -0.4 is 0 Å². The zero-order valence-corrected chi connectivity index (χ0v) is 11.9. The number of aromatic nitrogens is 1. The molecule has 0 radical (unpaired) electrons. The van der Waals surface area contributed by atoms with Crippen LogP contribution in [-0.2, 0) is 6.54 Å². The summed E-state index contributed by atoms with van der Waals surface area (Å²) in [6.07, 6.45) is 2.34. The average Bonchev–Trinajstić information content (AvgIpc) is 2.62. The summed E-state index contributed by atoms with van der Waals surface area (Å²) >= 11 is 7.48. The normalized spacial score (nSPS) is 13.3. The molecule has 4 heteroatoms. The molecule has 0 N–H and O–H groups in total. The van der Waals surface area contributed by atoms with Gasteiger partial charge < -0.3 is 4.90 Å². The molecule has 1 aromatic rings. The van der Waals surface area contributed by atoms with E-state index in [0.29, 0.717) is 0 Å². The standard InChI is InChI=1S/C12H21ClN2S/c1-10(4-6-13)5-7-15(3)8-12-11(2)14-9-16-12/h9-10H,4-8H2,1-3H3. The Balaban J connectivity index is 2.26. The smallest absolute Gasteiger partial charge is 0.0798 e. The van der Waals surface area contributed by atoms with Crippen LogP contribution in [0.5, 0.6) is 0 Å². The van der Waals surface area contributed by atoms with Gasteiger partial charge in [0.15, 0.2) is 0 Å². The van der Waals surface area contributed by atoms with Crippen molar-refractivity contribution in [3.63, 3.8) is 0 Å². The zero-order chi connectivity index (χ0) is 12.0. The van der Waals surface area contributed by atoms with Gasteiger partial charge in [0.2, 0.25) is 0 Å². The third-order valence-corrected chi connectivity index (χ3v) is 4.00. The molecule has 0 aromatic carbocycles. The summed E-state index contributed by atoms with van der Waals surface area (Å²) in [5, 5.41) is 0. The van der Waals surface area contributed by atoms with E-state index in [1.165, 1.54) is 17.0 Å². The number of aryl methyl sites for hydroxylation is 1. The van der Waals surface area contributed by atoms with Gasteiger partial charge in [-0.15, -0.1) is 22.9 Å². The first-order valence-corrected chi connectivity index (χ1v) is 7.18. The van der Waals surface area contributed by atoms with E-state index in [9.17, 15) is 0 Å². The highest BCUT2D eigenvalue weighted by atomic mass is 35.5. The summed E-state index contributed by atoms with van der Waals surface area (Å²) in [4.78, 5) is 8.02. The largest absolute Gasteiger partial charge is 0.301 e. The van der Waals surface area contributed by atoms with Crippen molar-refractivity contribution in [3.05, 3.63) is 16.1 Å². The minimum absolute atomic E-state index is 0.725. The van der Waals surface area contributed by atoms with Crippen LogP contribution >= 0.6 is 22.9 Å². The summed E-state index contributed by atoms with van der Waals surface area (Å²) < 4.78 is 0. The highest BCUT2D eigenvalue weighted by molar-refractivity contribution is 7.09. The molecule has 1 heterocycles. The molecule has 0 aliphatic rings. The molecule has 0 aliphatic carbocycles. The lowest BCUT2D eigenvalue weighted by atomic mass is 10.1. The molecule has 1 unspecified atom stereocenters. The lowest BCUT2D eigenvalue weighted by Gasteiger charge is -2.18. The quantitative estimate of drug-likeness (QED) is 0.697. The monoisotopic (exact) mass is 260 g/mol. The minimum atomic E-state index is 0.725. The van der Waals surface area contributed by atoms with Gasteiger partial charge in [0.05, 0.1) is 11.2 Å². The van der Waals surface area contributed by atoms with Gasteiger partial charge in [0.25, 0.3) is 0 Å². The van der Waals surface area contributed by atoms with Crippen molar-refractivity contribution in [2.45, 2.75) is 33.2 Å². The summed E-state index contributed by atoms with van der Waals surface area (Å²) in [6, 6.07) is 0. The van der Waals surface area contributed by atoms with Gasteiger partial charge in [-0.3, -0.25) is 0 Å². The number of hydrogen-bond donors (Lipinski definition) is 0. The number of halogens is 1. The van der Waals surface area contributed by atoms with E-state index in [1.54, 1.807) is 11.3 Å². The Kier molecular flexibility index (Phi) is 6.32. The Labute approximate surface area is 108 Å². The maximum atomic E-state index is 5.73. The Hall–Kier alpha value is -0.120. The molecule has 0 saturated carbocycles. The van der Waals surface area contributed by atoms with Gasteiger partial charge in [-0.05, 0) is 39.3 Å². The first kappa shape index (κ1) is 13.9. The van der Waals surface area contributed by atoms with E-state index in [-0.39, 0.29) is 0 Å². The average molecular weight is 261 g/mol. The molecule has 1 atom stereocenters. The number of alkyl halides is 1. The van der Waals surface area contributed by atoms with E-state index in [4.69, 9.17) is 11.6 Å². The van der Waals surface area contributed by atoms with Gasteiger partial charge in [-0.2, -0.15) is 0 Å². The predicted molar refractivity (Wildman–Crippen MR) is 72.3 cm³/mol. The molecule has 92 valence electrons. The van der Waals surface area contributed by atoms with Crippen molar-refractivity contribution in [3.8, 4) is 0 Å². The molecule has 0 fully saturated rings. The molecule has 16 heavy (non-hydrogen) atoms. The summed E-state index contributed by atoms with van der Waals surface area (Å²) in [5.74, 6) is 1.50. The second kappa shape index (κ2) is 7.25. The van der Waals surface area contributed by atoms with Crippen molar-refractivity contribution < 1.29 is 0 Å². The molecule has 2 nitrogen and oxygen atoms in total. The third kappa shape index (κ3) is 4.81. The van der Waals surface area contributed by atoms with Crippen LogP contribution in [0.2, 0.25) is 0 Å². The molecule has 0 bridgehead atoms. The fraction of sp³-hybridized carbons (Fsp3) is 0.750. The summed E-state index contributed by atoms with van der Waals surface area (Å²) in [5.41, 5.74) is 3.10. The summed E-state index contributed by atoms with van der Waals surface area (Å²) in [6.45, 7) is 6.50. The number of nitrogens with zero attached hydrogens (tertiary/aromatic N) is 2. The zero-order valence-electron chi connectivity index (χ0n) is 10.4. The van der Waals surface area contributed by atoms with Gasteiger partial charge in [0, 0.05) is 17.3 Å². The maximum absolute atomic E-state index is 5.73. The van der Waals surface area contributed by atoms with Crippen molar-refractivity contribution in [2.24, 2.45) is 5.92 Å². The van der Waals surface area contributed by atoms with Crippen LogP contribution in [0.15, 0.2) is 5.51 Å². The van der Waals surface area contributed by atoms with Gasteiger partial charge in [-0.1, -0.05) is 6.92 Å². The van der Waals surface area contributed by atoms with Crippen LogP contribution in [-0.4, -0.2) is 29.4 Å². The van der Waals surface area contributed by atoms with Crippen molar-refractivity contribution >= 4 is 22.9 Å². The highest BCUT2D eigenvalue weighted by Gasteiger charge is 2.07. The van der Waals surface area contributed by atoms with Crippen LogP contribution in [0.25, 0.3) is 0 Å². The van der Waals surface area contributed by atoms with E-state index >= 15 is 0 Å². The molecule has 0 amide bonds.